The average Bonchev–Trinajstić information content (AvgIpc) is 2.64. The number of benzene rings is 2. The van der Waals surface area contributed by atoms with Crippen molar-refractivity contribution >= 4 is 17.8 Å². The van der Waals surface area contributed by atoms with Crippen LogP contribution < -0.4 is 10.9 Å². The van der Waals surface area contributed by atoms with Gasteiger partial charge in [-0.2, -0.15) is 0 Å². The van der Waals surface area contributed by atoms with Crippen molar-refractivity contribution in [1.29, 1.82) is 0 Å². The van der Waals surface area contributed by atoms with E-state index in [-0.39, 0.29) is 18.0 Å². The summed E-state index contributed by atoms with van der Waals surface area (Å²) in [6, 6.07) is 13.8. The molecule has 0 atom stereocenters. The van der Waals surface area contributed by atoms with E-state index in [2.05, 4.69) is 31.6 Å². The summed E-state index contributed by atoms with van der Waals surface area (Å²) >= 11 is 0. The molecule has 2 aromatic rings. The zero-order valence-electron chi connectivity index (χ0n) is 16.0. The molecule has 0 saturated carbocycles. The number of ether oxygens (including phenoxy) is 1. The molecule has 0 aliphatic heterocycles. The molecule has 0 radical (unpaired) electrons. The van der Waals surface area contributed by atoms with Crippen molar-refractivity contribution in [2.75, 3.05) is 0 Å². The standard InChI is InChI=1S/C21H24N2O4/c1-14(24)27-13-15-5-7-16(8-6-15)19(25)22-23-20(26)17-9-11-18(12-10-17)21(2,3)4/h5-12H,13H2,1-4H3,(H,22,25)(H,23,26). The predicted molar refractivity (Wildman–Crippen MR) is 102 cm³/mol. The quantitative estimate of drug-likeness (QED) is 0.641. The summed E-state index contributed by atoms with van der Waals surface area (Å²) < 4.78 is 4.89. The molecule has 0 heterocycles. The summed E-state index contributed by atoms with van der Waals surface area (Å²) in [7, 11) is 0. The average molecular weight is 368 g/mol. The van der Waals surface area contributed by atoms with Crippen LogP contribution in [0.3, 0.4) is 0 Å². The summed E-state index contributed by atoms with van der Waals surface area (Å²) in [4.78, 5) is 35.1. The van der Waals surface area contributed by atoms with Gasteiger partial charge in [-0.05, 0) is 40.8 Å². The molecule has 2 aromatic carbocycles. The van der Waals surface area contributed by atoms with Crippen molar-refractivity contribution in [3.05, 3.63) is 70.8 Å². The second-order valence-corrected chi connectivity index (χ2v) is 7.21. The molecule has 0 unspecified atom stereocenters. The molecule has 0 bridgehead atoms. The zero-order valence-corrected chi connectivity index (χ0v) is 16.0. The number of amides is 2. The summed E-state index contributed by atoms with van der Waals surface area (Å²) in [5.74, 6) is -1.20. The molecule has 2 rings (SSSR count). The molecule has 6 nitrogen and oxygen atoms in total. The van der Waals surface area contributed by atoms with Crippen molar-refractivity contribution < 1.29 is 19.1 Å². The van der Waals surface area contributed by atoms with Crippen LogP contribution >= 0.6 is 0 Å². The molecule has 6 heteroatoms. The minimum absolute atomic E-state index is 0.00480. The van der Waals surface area contributed by atoms with Gasteiger partial charge in [-0.15, -0.1) is 0 Å². The van der Waals surface area contributed by atoms with Crippen LogP contribution in [0.2, 0.25) is 0 Å². The number of rotatable bonds is 4. The van der Waals surface area contributed by atoms with Crippen molar-refractivity contribution in [2.24, 2.45) is 0 Å². The molecule has 0 aliphatic rings. The number of hydrazine groups is 1. The number of carbonyl (C=O) groups is 3. The van der Waals surface area contributed by atoms with Crippen LogP contribution in [0, 0.1) is 0 Å². The molecule has 142 valence electrons. The van der Waals surface area contributed by atoms with Gasteiger partial charge < -0.3 is 4.74 Å². The van der Waals surface area contributed by atoms with E-state index >= 15 is 0 Å². The maximum atomic E-state index is 12.2. The Bertz CT molecular complexity index is 819. The lowest BCUT2D eigenvalue weighted by molar-refractivity contribution is -0.142. The number of hydrogen-bond donors (Lipinski definition) is 2. The molecule has 0 spiro atoms. The van der Waals surface area contributed by atoms with Gasteiger partial charge in [0.05, 0.1) is 0 Å². The first-order valence-electron chi connectivity index (χ1n) is 8.60. The second-order valence-electron chi connectivity index (χ2n) is 7.21. The van der Waals surface area contributed by atoms with Crippen molar-refractivity contribution in [1.82, 2.24) is 10.9 Å². The molecule has 0 aliphatic carbocycles. The van der Waals surface area contributed by atoms with E-state index in [9.17, 15) is 14.4 Å². The number of nitrogens with one attached hydrogen (secondary N) is 2. The van der Waals surface area contributed by atoms with E-state index in [1.54, 1.807) is 36.4 Å². The van der Waals surface area contributed by atoms with E-state index in [1.807, 2.05) is 12.1 Å². The SMILES string of the molecule is CC(=O)OCc1ccc(C(=O)NNC(=O)c2ccc(C(C)(C)C)cc2)cc1. The fraction of sp³-hybridized carbons (Fsp3) is 0.286. The fourth-order valence-electron chi connectivity index (χ4n) is 2.32. The third kappa shape index (κ3) is 5.95. The lowest BCUT2D eigenvalue weighted by atomic mass is 9.87. The Hall–Kier alpha value is -3.15. The van der Waals surface area contributed by atoms with Crippen LogP contribution in [-0.4, -0.2) is 17.8 Å². The minimum atomic E-state index is -0.436. The monoisotopic (exact) mass is 368 g/mol. The first-order chi connectivity index (χ1) is 12.7. The maximum Gasteiger partial charge on any atom is 0.302 e. The molecule has 2 N–H and O–H groups in total. The van der Waals surface area contributed by atoms with Crippen molar-refractivity contribution in [3.8, 4) is 0 Å². The lowest BCUT2D eigenvalue weighted by Crippen LogP contribution is -2.41. The predicted octanol–water partition coefficient (Wildman–Crippen LogP) is 3.12. The Kier molecular flexibility index (Phi) is 6.34. The minimum Gasteiger partial charge on any atom is -0.461 e. The van der Waals surface area contributed by atoms with E-state index < -0.39 is 11.8 Å². The third-order valence-corrected chi connectivity index (χ3v) is 3.96. The normalized spacial score (nSPS) is 10.8. The van der Waals surface area contributed by atoms with Gasteiger partial charge in [0, 0.05) is 18.1 Å². The van der Waals surface area contributed by atoms with Gasteiger partial charge in [0.2, 0.25) is 0 Å². The van der Waals surface area contributed by atoms with Crippen LogP contribution in [0.15, 0.2) is 48.5 Å². The van der Waals surface area contributed by atoms with Crippen LogP contribution in [0.5, 0.6) is 0 Å². The largest absolute Gasteiger partial charge is 0.461 e. The van der Waals surface area contributed by atoms with E-state index in [1.165, 1.54) is 6.92 Å². The summed E-state index contributed by atoms with van der Waals surface area (Å²) in [5.41, 5.74) is 7.52. The molecular formula is C21H24N2O4. The van der Waals surface area contributed by atoms with E-state index in [4.69, 9.17) is 4.74 Å². The molecule has 0 saturated heterocycles. The lowest BCUT2D eigenvalue weighted by Gasteiger charge is -2.19. The van der Waals surface area contributed by atoms with Gasteiger partial charge in [0.1, 0.15) is 6.61 Å². The maximum absolute atomic E-state index is 12.2. The topological polar surface area (TPSA) is 84.5 Å². The first-order valence-corrected chi connectivity index (χ1v) is 8.60. The summed E-state index contributed by atoms with van der Waals surface area (Å²) in [5, 5.41) is 0. The number of hydrogen-bond acceptors (Lipinski definition) is 4. The summed E-state index contributed by atoms with van der Waals surface area (Å²) in [6.07, 6.45) is 0. The van der Waals surface area contributed by atoms with Gasteiger partial charge in [0.25, 0.3) is 11.8 Å². The molecule has 27 heavy (non-hydrogen) atoms. The smallest absolute Gasteiger partial charge is 0.302 e. The van der Waals surface area contributed by atoms with Crippen molar-refractivity contribution in [3.63, 3.8) is 0 Å². The number of carbonyl (C=O) groups excluding carboxylic acids is 3. The van der Waals surface area contributed by atoms with Gasteiger partial charge in [-0.3, -0.25) is 25.2 Å². The zero-order chi connectivity index (χ0) is 20.0. The Morgan fingerprint density at radius 2 is 1.26 bits per heavy atom. The molecular weight excluding hydrogens is 344 g/mol. The highest BCUT2D eigenvalue weighted by atomic mass is 16.5. The second kappa shape index (κ2) is 8.49. The van der Waals surface area contributed by atoms with Crippen LogP contribution in [-0.2, 0) is 21.6 Å². The van der Waals surface area contributed by atoms with Gasteiger partial charge >= 0.3 is 5.97 Å². The molecule has 2 amide bonds. The third-order valence-electron chi connectivity index (χ3n) is 3.96. The molecule has 0 fully saturated rings. The van der Waals surface area contributed by atoms with E-state index in [0.29, 0.717) is 11.1 Å². The Morgan fingerprint density at radius 3 is 1.67 bits per heavy atom. The Labute approximate surface area is 158 Å². The van der Waals surface area contributed by atoms with Crippen molar-refractivity contribution in [2.45, 2.75) is 39.7 Å². The van der Waals surface area contributed by atoms with Gasteiger partial charge in [-0.1, -0.05) is 45.0 Å². The Balaban J connectivity index is 1.91. The van der Waals surface area contributed by atoms with Crippen LogP contribution in [0.4, 0.5) is 0 Å². The van der Waals surface area contributed by atoms with E-state index in [0.717, 1.165) is 11.1 Å². The Morgan fingerprint density at radius 1 is 0.815 bits per heavy atom. The van der Waals surface area contributed by atoms with Gasteiger partial charge in [0.15, 0.2) is 0 Å². The number of esters is 1. The highest BCUT2D eigenvalue weighted by Gasteiger charge is 2.14. The van der Waals surface area contributed by atoms with Gasteiger partial charge in [-0.25, -0.2) is 0 Å². The first kappa shape index (κ1) is 20.2. The highest BCUT2D eigenvalue weighted by Crippen LogP contribution is 2.22. The fourth-order valence-corrected chi connectivity index (χ4v) is 2.32. The highest BCUT2D eigenvalue weighted by molar-refractivity contribution is 5.99. The summed E-state index contributed by atoms with van der Waals surface area (Å²) in [6.45, 7) is 7.78. The molecule has 0 aromatic heterocycles. The van der Waals surface area contributed by atoms with Crippen LogP contribution in [0.25, 0.3) is 0 Å². The van der Waals surface area contributed by atoms with Crippen LogP contribution in [0.1, 0.15) is 59.5 Å².